The molecule has 0 amide bonds. The first-order valence-electron chi connectivity index (χ1n) is 19.2. The molecule has 0 unspecified atom stereocenters. The molecule has 0 saturated heterocycles. The fraction of sp³-hybridized carbons (Fsp3) is 0.532. The van der Waals surface area contributed by atoms with Gasteiger partial charge < -0.3 is 5.11 Å². The van der Waals surface area contributed by atoms with Crippen LogP contribution < -0.4 is 0 Å². The topological polar surface area (TPSA) is 50.2 Å². The predicted molar refractivity (Wildman–Crippen MR) is 213 cm³/mol. The van der Waals surface area contributed by atoms with E-state index in [1.165, 1.54) is 57.7 Å². The molecule has 7 heteroatoms. The number of rotatable bonds is 4. The summed E-state index contributed by atoms with van der Waals surface area (Å²) >= 11 is 0. The molecule has 0 bridgehead atoms. The first kappa shape index (κ1) is 43.7. The molecule has 1 heterocycles. The number of benzene rings is 3. The summed E-state index contributed by atoms with van der Waals surface area (Å²) in [6.07, 6.45) is 2.04. The number of allylic oxidation sites excluding steroid dienone is 2. The zero-order valence-electron chi connectivity index (χ0n) is 34.1. The summed E-state index contributed by atoms with van der Waals surface area (Å²) < 4.78 is 36.1. The van der Waals surface area contributed by atoms with Gasteiger partial charge in [0, 0.05) is 43.2 Å². The van der Waals surface area contributed by atoms with Gasteiger partial charge in [0.05, 0.1) is 5.52 Å². The van der Waals surface area contributed by atoms with Crippen LogP contribution in [0.15, 0.2) is 60.4 Å². The minimum Gasteiger partial charge on any atom is -0.504 e. The number of carbonyl (C=O) groups is 1. The Balaban J connectivity index is 0.000000306. The number of hydrogen-bond acceptors (Lipinski definition) is 3. The molecule has 0 spiro atoms. The maximum atomic E-state index is 12.0. The molecule has 3 nitrogen and oxygen atoms in total. The van der Waals surface area contributed by atoms with Crippen molar-refractivity contribution in [2.45, 2.75) is 139 Å². The van der Waals surface area contributed by atoms with Crippen molar-refractivity contribution >= 4 is 27.5 Å². The van der Waals surface area contributed by atoms with Gasteiger partial charge in [-0.3, -0.25) is 9.78 Å². The zero-order valence-corrected chi connectivity index (χ0v) is 36.5. The molecule has 1 radical (unpaired) electrons. The molecule has 6 rings (SSSR count). The Kier molecular flexibility index (Phi) is 12.8. The molecule has 4 aromatic rings. The Morgan fingerprint density at radius 1 is 0.889 bits per heavy atom. The van der Waals surface area contributed by atoms with Gasteiger partial charge in [-0.05, 0) is 109 Å². The summed E-state index contributed by atoms with van der Waals surface area (Å²) in [6.45, 7) is 25.3. The van der Waals surface area contributed by atoms with Gasteiger partial charge in [-0.25, -0.2) is 0 Å². The molecule has 1 N–H and O–H groups in total. The first-order valence-corrected chi connectivity index (χ1v) is 19.2. The van der Waals surface area contributed by atoms with Crippen LogP contribution in [0.1, 0.15) is 135 Å². The van der Waals surface area contributed by atoms with Gasteiger partial charge in [0.25, 0.3) is 0 Å². The van der Waals surface area contributed by atoms with Crippen molar-refractivity contribution in [3.05, 3.63) is 88.7 Å². The minimum absolute atomic E-state index is 0. The van der Waals surface area contributed by atoms with Crippen molar-refractivity contribution in [1.29, 1.82) is 0 Å². The van der Waals surface area contributed by atoms with Gasteiger partial charge in [-0.1, -0.05) is 104 Å². The molecule has 54 heavy (non-hydrogen) atoms. The van der Waals surface area contributed by atoms with Crippen LogP contribution in [0.4, 0.5) is 13.2 Å². The van der Waals surface area contributed by atoms with E-state index in [1.54, 1.807) is 0 Å². The maximum Gasteiger partial charge on any atom is 0.448 e. The van der Waals surface area contributed by atoms with Gasteiger partial charge in [0.15, 0.2) is 5.78 Å². The number of nitrogens with zero attached hydrogens (tertiary/aromatic N) is 1. The van der Waals surface area contributed by atoms with Crippen LogP contribution in [0.5, 0.6) is 0 Å². The molecule has 1 aromatic heterocycles. The van der Waals surface area contributed by atoms with Gasteiger partial charge in [-0.2, -0.15) is 13.2 Å². The number of ketones is 1. The van der Waals surface area contributed by atoms with Crippen molar-refractivity contribution in [3.8, 4) is 11.3 Å². The molecule has 2 aliphatic carbocycles. The Morgan fingerprint density at radius 3 is 2.06 bits per heavy atom. The number of carbonyl (C=O) groups excluding carboxylic acids is 1. The fourth-order valence-electron chi connectivity index (χ4n) is 9.32. The number of aliphatic hydroxyl groups excluding tert-OH is 1. The normalized spacial score (nSPS) is 19.2. The number of pyridine rings is 1. The summed E-state index contributed by atoms with van der Waals surface area (Å²) in [7, 11) is 0. The van der Waals surface area contributed by atoms with Crippen molar-refractivity contribution < 1.29 is 43.2 Å². The van der Waals surface area contributed by atoms with Gasteiger partial charge in [-0.15, -0.1) is 29.1 Å². The largest absolute Gasteiger partial charge is 0.504 e. The van der Waals surface area contributed by atoms with Crippen molar-refractivity contribution in [2.75, 3.05) is 0 Å². The maximum absolute atomic E-state index is 12.0. The van der Waals surface area contributed by atoms with E-state index in [0.29, 0.717) is 35.7 Å². The van der Waals surface area contributed by atoms with Crippen molar-refractivity contribution in [3.63, 3.8) is 0 Å². The van der Waals surface area contributed by atoms with E-state index >= 15 is 0 Å². The number of aliphatic hydroxyl groups is 1. The summed E-state index contributed by atoms with van der Waals surface area (Å²) in [6, 6.07) is 21.8. The molecular formula is C47H59F3IrNO2-. The van der Waals surface area contributed by atoms with Crippen LogP contribution in [0.25, 0.3) is 32.9 Å². The molecule has 0 atom stereocenters. The van der Waals surface area contributed by atoms with Crippen LogP contribution in [-0.2, 0) is 30.3 Å². The van der Waals surface area contributed by atoms with Crippen molar-refractivity contribution in [1.82, 2.24) is 4.98 Å². The molecule has 295 valence electrons. The number of aromatic nitrogens is 1. The Morgan fingerprint density at radius 2 is 1.48 bits per heavy atom. The van der Waals surface area contributed by atoms with Gasteiger partial charge in [0.1, 0.15) is 0 Å². The third-order valence-electron chi connectivity index (χ3n) is 11.4. The second-order valence-electron chi connectivity index (χ2n) is 19.4. The Bertz CT molecular complexity index is 2010. The van der Waals surface area contributed by atoms with E-state index in [9.17, 15) is 18.0 Å². The monoisotopic (exact) mass is 919 g/mol. The molecular weight excluding hydrogens is 860 g/mol. The Labute approximate surface area is 335 Å². The van der Waals surface area contributed by atoms with Crippen LogP contribution in [0, 0.1) is 42.1 Å². The number of alkyl halides is 3. The summed E-state index contributed by atoms with van der Waals surface area (Å²) in [5.74, 6) is -2.27. The van der Waals surface area contributed by atoms with Crippen LogP contribution in [0.3, 0.4) is 0 Å². The van der Waals surface area contributed by atoms with E-state index in [1.807, 2.05) is 0 Å². The van der Waals surface area contributed by atoms with Crippen LogP contribution in [0.2, 0.25) is 0 Å². The quantitative estimate of drug-likeness (QED) is 0.126. The first-order chi connectivity index (χ1) is 24.3. The second-order valence-corrected chi connectivity index (χ2v) is 19.4. The smallest absolute Gasteiger partial charge is 0.448 e. The van der Waals surface area contributed by atoms with Crippen LogP contribution >= 0.6 is 0 Å². The molecule has 0 aliphatic heterocycles. The van der Waals surface area contributed by atoms with E-state index in [4.69, 9.17) is 10.1 Å². The second kappa shape index (κ2) is 15.8. The van der Waals surface area contributed by atoms with E-state index in [-0.39, 0.29) is 36.9 Å². The van der Waals surface area contributed by atoms with Gasteiger partial charge >= 0.3 is 6.18 Å². The van der Waals surface area contributed by atoms with E-state index in [2.05, 4.69) is 131 Å². The number of fused-ring (bicyclic) bond motifs is 2. The molecule has 2 aliphatic rings. The zero-order chi connectivity index (χ0) is 39.3. The number of hydrogen-bond donors (Lipinski definition) is 1. The standard InChI is InChI=1S/C35H42N.C12H17F3O2.Ir/c1-22-14-23(2)32-28(26-19-34(6,7)21-35(8,9)20-26)18-30(36-31(32)15-22)25-16-24-12-10-11-13-27(24)29(17-25)33(3,4)5;1-11(2)5-3-8(4-6-11)9(16)7-10(17)12(13,14)15;/h10-15,17-18,26H,19-21H2,1-9H3;7-8,17H,3-6H2,1-2H3;/q-1;;/b;10-7-;. The average Bonchev–Trinajstić information content (AvgIpc) is 3.01. The van der Waals surface area contributed by atoms with Gasteiger partial charge in [0.2, 0.25) is 5.76 Å². The van der Waals surface area contributed by atoms with Crippen LogP contribution in [-0.4, -0.2) is 22.1 Å². The number of aryl methyl sites for hydroxylation is 2. The summed E-state index contributed by atoms with van der Waals surface area (Å²) in [5, 5.41) is 12.5. The fourth-order valence-corrected chi connectivity index (χ4v) is 9.32. The third kappa shape index (κ3) is 10.4. The van der Waals surface area contributed by atoms with E-state index in [0.717, 1.165) is 29.6 Å². The average molecular weight is 919 g/mol. The number of halogens is 3. The SMILES string of the molecule is CC1(C)CCC(C(=O)/C=C(\O)C(F)(F)F)CC1.Cc1cc(C)c2c(C3CC(C)(C)CC(C)(C)C3)cc(-c3[c-]c4ccccc4c(C(C)(C)C)c3)nc2c1.[Ir]. The predicted octanol–water partition coefficient (Wildman–Crippen LogP) is 13.9. The van der Waals surface area contributed by atoms with E-state index < -0.39 is 17.7 Å². The Hall–Kier alpha value is -3.02. The minimum atomic E-state index is -4.83. The summed E-state index contributed by atoms with van der Waals surface area (Å²) in [5.41, 5.74) is 9.60. The molecule has 2 fully saturated rings. The molecule has 2 saturated carbocycles. The molecule has 3 aromatic carbocycles. The van der Waals surface area contributed by atoms with Crippen molar-refractivity contribution in [2.24, 2.45) is 22.2 Å². The third-order valence-corrected chi connectivity index (χ3v) is 11.4. The summed E-state index contributed by atoms with van der Waals surface area (Å²) in [4.78, 5) is 16.8.